The van der Waals surface area contributed by atoms with Gasteiger partial charge in [0.25, 0.3) is 0 Å². The number of carbonyl (C=O) groups excluding carboxylic acids is 1. The second-order valence-electron chi connectivity index (χ2n) is 5.04. The highest BCUT2D eigenvalue weighted by Gasteiger charge is 2.27. The molecule has 1 atom stereocenters. The van der Waals surface area contributed by atoms with Gasteiger partial charge in [-0.3, -0.25) is 9.59 Å². The first-order chi connectivity index (χ1) is 9.00. The number of hydrogen-bond acceptors (Lipinski definition) is 3. The quantitative estimate of drug-likeness (QED) is 0.701. The smallest absolute Gasteiger partial charge is 0.326 e. The molecule has 0 saturated heterocycles. The molecule has 108 valence electrons. The van der Waals surface area contributed by atoms with Crippen molar-refractivity contribution < 1.29 is 24.6 Å². The van der Waals surface area contributed by atoms with E-state index < -0.39 is 24.4 Å². The summed E-state index contributed by atoms with van der Waals surface area (Å²) in [5, 5.41) is 19.9. The van der Waals surface area contributed by atoms with Crippen LogP contribution in [0.2, 0.25) is 0 Å². The molecular weight excluding hydrogens is 250 g/mol. The molecule has 0 aromatic heterocycles. The van der Waals surface area contributed by atoms with Crippen LogP contribution >= 0.6 is 0 Å². The molecule has 3 N–H and O–H groups in total. The molecule has 1 aliphatic carbocycles. The Morgan fingerprint density at radius 1 is 1.00 bits per heavy atom. The van der Waals surface area contributed by atoms with Crippen molar-refractivity contribution in [1.82, 2.24) is 5.32 Å². The van der Waals surface area contributed by atoms with E-state index in [1.165, 1.54) is 6.42 Å². The Morgan fingerprint density at radius 3 is 2.00 bits per heavy atom. The fourth-order valence-electron chi connectivity index (χ4n) is 2.38. The number of rotatable bonds is 5. The van der Waals surface area contributed by atoms with E-state index in [1.54, 1.807) is 0 Å². The van der Waals surface area contributed by atoms with Crippen molar-refractivity contribution >= 4 is 17.8 Å². The van der Waals surface area contributed by atoms with Gasteiger partial charge in [-0.05, 0) is 12.8 Å². The monoisotopic (exact) mass is 271 g/mol. The van der Waals surface area contributed by atoms with Crippen molar-refractivity contribution in [1.29, 1.82) is 0 Å². The van der Waals surface area contributed by atoms with Crippen LogP contribution in [-0.4, -0.2) is 34.1 Å². The largest absolute Gasteiger partial charge is 0.481 e. The minimum atomic E-state index is -1.34. The maximum Gasteiger partial charge on any atom is 0.326 e. The van der Waals surface area contributed by atoms with Crippen LogP contribution in [-0.2, 0) is 14.4 Å². The average Bonchev–Trinajstić information content (AvgIpc) is 2.26. The Kier molecular flexibility index (Phi) is 6.32. The van der Waals surface area contributed by atoms with Crippen molar-refractivity contribution in [2.45, 2.75) is 57.4 Å². The van der Waals surface area contributed by atoms with Gasteiger partial charge in [0.05, 0.1) is 6.42 Å². The lowest BCUT2D eigenvalue weighted by Gasteiger charge is -2.21. The Bertz CT molecular complexity index is 334. The molecule has 6 nitrogen and oxygen atoms in total. The topological polar surface area (TPSA) is 104 Å². The summed E-state index contributed by atoms with van der Waals surface area (Å²) in [5.74, 6) is -3.04. The zero-order valence-corrected chi connectivity index (χ0v) is 10.9. The molecule has 6 heteroatoms. The summed E-state index contributed by atoms with van der Waals surface area (Å²) in [5.41, 5.74) is 0. The molecule has 0 heterocycles. The normalized spacial score (nSPS) is 18.9. The maximum absolute atomic E-state index is 12.0. The zero-order chi connectivity index (χ0) is 14.3. The first-order valence-corrected chi connectivity index (χ1v) is 6.75. The molecule has 1 amide bonds. The Labute approximate surface area is 112 Å². The van der Waals surface area contributed by atoms with E-state index in [0.29, 0.717) is 0 Å². The van der Waals surface area contributed by atoms with Crippen LogP contribution in [0.1, 0.15) is 51.4 Å². The Morgan fingerprint density at radius 2 is 1.53 bits per heavy atom. The van der Waals surface area contributed by atoms with Crippen molar-refractivity contribution in [3.8, 4) is 0 Å². The van der Waals surface area contributed by atoms with Gasteiger partial charge in [0.2, 0.25) is 5.91 Å². The summed E-state index contributed by atoms with van der Waals surface area (Å²) in [7, 11) is 0. The van der Waals surface area contributed by atoms with Gasteiger partial charge in [0.15, 0.2) is 0 Å². The van der Waals surface area contributed by atoms with E-state index in [9.17, 15) is 14.4 Å². The number of hydrogen-bond donors (Lipinski definition) is 3. The third-order valence-corrected chi connectivity index (χ3v) is 3.47. The molecule has 0 aliphatic heterocycles. The van der Waals surface area contributed by atoms with Crippen molar-refractivity contribution in [3.05, 3.63) is 0 Å². The molecule has 0 bridgehead atoms. The van der Waals surface area contributed by atoms with E-state index in [1.807, 2.05) is 0 Å². The van der Waals surface area contributed by atoms with Crippen molar-refractivity contribution in [2.75, 3.05) is 0 Å². The fourth-order valence-corrected chi connectivity index (χ4v) is 2.38. The van der Waals surface area contributed by atoms with Gasteiger partial charge in [-0.1, -0.05) is 32.1 Å². The van der Waals surface area contributed by atoms with Gasteiger partial charge < -0.3 is 15.5 Å². The molecule has 1 unspecified atom stereocenters. The summed E-state index contributed by atoms with van der Waals surface area (Å²) in [6.45, 7) is 0. The first kappa shape index (κ1) is 15.5. The molecule has 0 aromatic rings. The van der Waals surface area contributed by atoms with Crippen LogP contribution in [0.5, 0.6) is 0 Å². The van der Waals surface area contributed by atoms with E-state index in [-0.39, 0.29) is 11.8 Å². The van der Waals surface area contributed by atoms with Gasteiger partial charge in [-0.15, -0.1) is 0 Å². The molecule has 1 saturated carbocycles. The highest BCUT2D eigenvalue weighted by Crippen LogP contribution is 2.22. The summed E-state index contributed by atoms with van der Waals surface area (Å²) >= 11 is 0. The number of carboxylic acids is 2. The van der Waals surface area contributed by atoms with Crippen LogP contribution in [0.4, 0.5) is 0 Å². The summed E-state index contributed by atoms with van der Waals surface area (Å²) in [4.78, 5) is 33.4. The van der Waals surface area contributed by atoms with E-state index in [0.717, 1.165) is 38.5 Å². The number of nitrogens with one attached hydrogen (secondary N) is 1. The number of carbonyl (C=O) groups is 3. The molecule has 1 rings (SSSR count). The van der Waals surface area contributed by atoms with Crippen LogP contribution in [0.25, 0.3) is 0 Å². The molecule has 0 aromatic carbocycles. The minimum absolute atomic E-state index is 0.184. The minimum Gasteiger partial charge on any atom is -0.481 e. The van der Waals surface area contributed by atoms with Gasteiger partial charge in [-0.25, -0.2) is 4.79 Å². The highest BCUT2D eigenvalue weighted by atomic mass is 16.4. The predicted molar refractivity (Wildman–Crippen MR) is 67.6 cm³/mol. The number of aliphatic carboxylic acids is 2. The highest BCUT2D eigenvalue weighted by molar-refractivity contribution is 5.87. The van der Waals surface area contributed by atoms with Gasteiger partial charge >= 0.3 is 11.9 Å². The fraction of sp³-hybridized carbons (Fsp3) is 0.769. The second-order valence-corrected chi connectivity index (χ2v) is 5.04. The lowest BCUT2D eigenvalue weighted by atomic mass is 9.90. The van der Waals surface area contributed by atoms with Gasteiger partial charge in [-0.2, -0.15) is 0 Å². The van der Waals surface area contributed by atoms with E-state index >= 15 is 0 Å². The molecule has 1 fully saturated rings. The third-order valence-electron chi connectivity index (χ3n) is 3.47. The third kappa shape index (κ3) is 5.72. The Hall–Kier alpha value is -1.59. The zero-order valence-electron chi connectivity index (χ0n) is 10.9. The SMILES string of the molecule is O=C(O)CC(NC(=O)C1CCCCCCC1)C(=O)O. The van der Waals surface area contributed by atoms with Crippen LogP contribution in [0.15, 0.2) is 0 Å². The van der Waals surface area contributed by atoms with Crippen LogP contribution < -0.4 is 5.32 Å². The first-order valence-electron chi connectivity index (χ1n) is 6.75. The summed E-state index contributed by atoms with van der Waals surface area (Å²) in [6, 6.07) is -1.34. The van der Waals surface area contributed by atoms with E-state index in [4.69, 9.17) is 10.2 Å². The standard InChI is InChI=1S/C13H21NO5/c15-11(16)8-10(13(18)19)14-12(17)9-6-4-2-1-3-5-7-9/h9-10H,1-8H2,(H,14,17)(H,15,16)(H,18,19). The van der Waals surface area contributed by atoms with Crippen molar-refractivity contribution in [3.63, 3.8) is 0 Å². The molecule has 19 heavy (non-hydrogen) atoms. The lowest BCUT2D eigenvalue weighted by Crippen LogP contribution is -2.44. The molecule has 1 aliphatic rings. The number of carboxylic acid groups (broad SMARTS) is 2. The van der Waals surface area contributed by atoms with Crippen LogP contribution in [0.3, 0.4) is 0 Å². The number of amides is 1. The van der Waals surface area contributed by atoms with Crippen molar-refractivity contribution in [2.24, 2.45) is 5.92 Å². The molecule has 0 spiro atoms. The average molecular weight is 271 g/mol. The second kappa shape index (κ2) is 7.76. The predicted octanol–water partition coefficient (Wildman–Crippen LogP) is 1.39. The van der Waals surface area contributed by atoms with Gasteiger partial charge in [0.1, 0.15) is 6.04 Å². The van der Waals surface area contributed by atoms with Gasteiger partial charge in [0, 0.05) is 5.92 Å². The molecule has 0 radical (unpaired) electrons. The Balaban J connectivity index is 2.53. The van der Waals surface area contributed by atoms with Crippen LogP contribution in [0, 0.1) is 5.92 Å². The lowest BCUT2D eigenvalue weighted by molar-refractivity contribution is -0.147. The van der Waals surface area contributed by atoms with E-state index in [2.05, 4.69) is 5.32 Å². The molecular formula is C13H21NO5. The summed E-state index contributed by atoms with van der Waals surface area (Å²) < 4.78 is 0. The maximum atomic E-state index is 12.0. The summed E-state index contributed by atoms with van der Waals surface area (Å²) in [6.07, 6.45) is 6.24.